The number of hydrogen-bond acceptors (Lipinski definition) is 7. The smallest absolute Gasteiger partial charge is 0.266 e. The lowest BCUT2D eigenvalue weighted by Gasteiger charge is -2.13. The normalized spacial score (nSPS) is 11.1. The van der Waals surface area contributed by atoms with Crippen molar-refractivity contribution in [2.75, 3.05) is 12.9 Å². The molecule has 0 atom stereocenters. The van der Waals surface area contributed by atoms with E-state index in [1.54, 1.807) is 37.4 Å². The zero-order valence-electron chi connectivity index (χ0n) is 22.0. The molecule has 10 heteroatoms. The maximum absolute atomic E-state index is 13.4. The highest BCUT2D eigenvalue weighted by Crippen LogP contribution is 2.28. The molecule has 0 bridgehead atoms. The highest BCUT2D eigenvalue weighted by Gasteiger charge is 2.15. The van der Waals surface area contributed by atoms with Crippen LogP contribution in [0.1, 0.15) is 11.1 Å². The molecular weight excluding hydrogens is 604 g/mol. The Morgan fingerprint density at radius 3 is 2.54 bits per heavy atom. The van der Waals surface area contributed by atoms with Crippen molar-refractivity contribution in [3.8, 4) is 17.2 Å². The van der Waals surface area contributed by atoms with E-state index in [2.05, 4.69) is 31.4 Å². The van der Waals surface area contributed by atoms with Crippen LogP contribution in [-0.4, -0.2) is 34.5 Å². The number of nitrogens with one attached hydrogen (secondary N) is 1. The van der Waals surface area contributed by atoms with Crippen molar-refractivity contribution >= 4 is 50.7 Å². The lowest BCUT2D eigenvalue weighted by Crippen LogP contribution is -2.24. The van der Waals surface area contributed by atoms with Gasteiger partial charge in [-0.15, -0.1) is 0 Å². The van der Waals surface area contributed by atoms with Crippen LogP contribution < -0.4 is 20.5 Å². The van der Waals surface area contributed by atoms with Gasteiger partial charge in [0.2, 0.25) is 0 Å². The molecule has 1 aromatic heterocycles. The van der Waals surface area contributed by atoms with E-state index in [0.717, 1.165) is 27.4 Å². The molecule has 0 saturated heterocycles. The first kappa shape index (κ1) is 28.1. The third-order valence-electron chi connectivity index (χ3n) is 5.99. The second-order valence-corrected chi connectivity index (χ2v) is 10.7. The molecule has 41 heavy (non-hydrogen) atoms. The first-order chi connectivity index (χ1) is 20.0. The molecular formula is C31H25BrN4O4S. The molecule has 0 aliphatic carbocycles. The Balaban J connectivity index is 1.25. The molecule has 1 amide bonds. The van der Waals surface area contributed by atoms with E-state index in [1.165, 1.54) is 10.8 Å². The van der Waals surface area contributed by atoms with Crippen LogP contribution in [-0.2, 0) is 11.4 Å². The number of carbonyl (C=O) groups excluding carboxylic acids is 1. The number of para-hydroxylation sites is 1. The van der Waals surface area contributed by atoms with Crippen molar-refractivity contribution in [1.29, 1.82) is 0 Å². The highest BCUT2D eigenvalue weighted by atomic mass is 79.9. The largest absolute Gasteiger partial charge is 0.493 e. The molecule has 206 valence electrons. The number of methoxy groups -OCH3 is 1. The minimum atomic E-state index is -0.342. The fourth-order valence-corrected chi connectivity index (χ4v) is 5.06. The van der Waals surface area contributed by atoms with Crippen molar-refractivity contribution < 1.29 is 14.3 Å². The summed E-state index contributed by atoms with van der Waals surface area (Å²) in [5.74, 6) is 0.827. The fraction of sp³-hybridized carbons (Fsp3) is 0.0968. The summed E-state index contributed by atoms with van der Waals surface area (Å²) in [5, 5.41) is 4.99. The number of hydrogen-bond donors (Lipinski definition) is 1. The minimum Gasteiger partial charge on any atom is -0.493 e. The van der Waals surface area contributed by atoms with Crippen LogP contribution in [0.2, 0.25) is 0 Å². The minimum absolute atomic E-state index is 0.00817. The maximum atomic E-state index is 13.4. The van der Waals surface area contributed by atoms with Gasteiger partial charge in [0, 0.05) is 4.47 Å². The summed E-state index contributed by atoms with van der Waals surface area (Å²) < 4.78 is 13.8. The molecule has 1 N–H and O–H groups in total. The number of halogens is 1. The van der Waals surface area contributed by atoms with Gasteiger partial charge in [-0.25, -0.2) is 10.4 Å². The molecule has 0 fully saturated rings. The number of aromatic nitrogens is 2. The molecule has 0 saturated carbocycles. The number of nitrogens with zero attached hydrogens (tertiary/aromatic N) is 3. The third kappa shape index (κ3) is 7.03. The number of carbonyl (C=O) groups is 1. The van der Waals surface area contributed by atoms with Gasteiger partial charge in [0.1, 0.15) is 6.61 Å². The lowest BCUT2D eigenvalue weighted by atomic mass is 10.2. The van der Waals surface area contributed by atoms with Gasteiger partial charge in [-0.1, -0.05) is 70.2 Å². The predicted molar refractivity (Wildman–Crippen MR) is 165 cm³/mol. The topological polar surface area (TPSA) is 94.8 Å². The summed E-state index contributed by atoms with van der Waals surface area (Å²) in [4.78, 5) is 30.7. The van der Waals surface area contributed by atoms with Crippen LogP contribution in [0.4, 0.5) is 0 Å². The van der Waals surface area contributed by atoms with E-state index in [9.17, 15) is 9.59 Å². The second-order valence-electron chi connectivity index (χ2n) is 8.79. The lowest BCUT2D eigenvalue weighted by molar-refractivity contribution is -0.118. The van der Waals surface area contributed by atoms with Gasteiger partial charge in [0.05, 0.1) is 35.7 Å². The summed E-state index contributed by atoms with van der Waals surface area (Å²) >= 11 is 4.58. The molecule has 0 unspecified atom stereocenters. The molecule has 0 aliphatic heterocycles. The molecule has 0 radical (unpaired) electrons. The number of hydrazone groups is 1. The van der Waals surface area contributed by atoms with E-state index in [-0.39, 0.29) is 17.2 Å². The molecule has 1 heterocycles. The number of fused-ring (bicyclic) bond motifs is 1. The van der Waals surface area contributed by atoms with Gasteiger partial charge in [-0.05, 0) is 65.7 Å². The molecule has 5 aromatic rings. The van der Waals surface area contributed by atoms with Crippen LogP contribution in [0.15, 0.2) is 117 Å². The maximum Gasteiger partial charge on any atom is 0.266 e. The first-order valence-electron chi connectivity index (χ1n) is 12.6. The van der Waals surface area contributed by atoms with Crippen molar-refractivity contribution in [2.45, 2.75) is 11.8 Å². The zero-order chi connectivity index (χ0) is 28.6. The average molecular weight is 630 g/mol. The Labute approximate surface area is 249 Å². The van der Waals surface area contributed by atoms with E-state index in [0.29, 0.717) is 39.9 Å². The summed E-state index contributed by atoms with van der Waals surface area (Å²) in [6, 6.07) is 29.8. The summed E-state index contributed by atoms with van der Waals surface area (Å²) in [6.45, 7) is 0.417. The van der Waals surface area contributed by atoms with Crippen LogP contribution >= 0.6 is 27.7 Å². The van der Waals surface area contributed by atoms with E-state index in [1.807, 2.05) is 66.7 Å². The van der Waals surface area contributed by atoms with Crippen LogP contribution in [0.5, 0.6) is 11.5 Å². The highest BCUT2D eigenvalue weighted by molar-refractivity contribution is 9.10. The summed E-state index contributed by atoms with van der Waals surface area (Å²) in [7, 11) is 1.57. The van der Waals surface area contributed by atoms with Crippen LogP contribution in [0.3, 0.4) is 0 Å². The monoisotopic (exact) mass is 628 g/mol. The average Bonchev–Trinajstić information content (AvgIpc) is 3.00. The summed E-state index contributed by atoms with van der Waals surface area (Å²) in [5.41, 5.74) is 5.33. The second kappa shape index (κ2) is 13.3. The van der Waals surface area contributed by atoms with Crippen molar-refractivity contribution in [2.24, 2.45) is 5.10 Å². The predicted octanol–water partition coefficient (Wildman–Crippen LogP) is 5.98. The Bertz CT molecular complexity index is 1760. The van der Waals surface area contributed by atoms with Gasteiger partial charge >= 0.3 is 0 Å². The van der Waals surface area contributed by atoms with Gasteiger partial charge in [-0.2, -0.15) is 5.10 Å². The molecule has 0 spiro atoms. The third-order valence-corrected chi connectivity index (χ3v) is 7.46. The Kier molecular flexibility index (Phi) is 9.12. The van der Waals surface area contributed by atoms with Gasteiger partial charge < -0.3 is 9.47 Å². The van der Waals surface area contributed by atoms with Gasteiger partial charge in [-0.3, -0.25) is 14.2 Å². The Hall–Kier alpha value is -4.41. The Morgan fingerprint density at radius 1 is 1.00 bits per heavy atom. The van der Waals surface area contributed by atoms with E-state index < -0.39 is 0 Å². The molecule has 5 rings (SSSR count). The fourth-order valence-electron chi connectivity index (χ4n) is 3.99. The van der Waals surface area contributed by atoms with Crippen molar-refractivity contribution in [1.82, 2.24) is 15.0 Å². The standard InChI is InChI=1S/C31H25BrN4O4S/c1-39-28-17-22(11-16-27(28)40-19-21-7-3-2-4-8-21)18-33-35-29(37)20-41-31-34-26-10-6-5-9-25(26)30(38)36(31)24-14-12-23(32)13-15-24/h2-18H,19-20H2,1H3,(H,35,37). The van der Waals surface area contributed by atoms with Crippen molar-refractivity contribution in [3.63, 3.8) is 0 Å². The quantitative estimate of drug-likeness (QED) is 0.0885. The van der Waals surface area contributed by atoms with Crippen molar-refractivity contribution in [3.05, 3.63) is 123 Å². The van der Waals surface area contributed by atoms with Gasteiger partial charge in [0.15, 0.2) is 16.7 Å². The number of rotatable bonds is 10. The molecule has 8 nitrogen and oxygen atoms in total. The molecule has 4 aromatic carbocycles. The van der Waals surface area contributed by atoms with E-state index >= 15 is 0 Å². The van der Waals surface area contributed by atoms with Gasteiger partial charge in [0.25, 0.3) is 11.5 Å². The van der Waals surface area contributed by atoms with Crippen LogP contribution in [0, 0.1) is 0 Å². The zero-order valence-corrected chi connectivity index (χ0v) is 24.4. The van der Waals surface area contributed by atoms with Crippen LogP contribution in [0.25, 0.3) is 16.6 Å². The number of thioether (sulfide) groups is 1. The van der Waals surface area contributed by atoms with E-state index in [4.69, 9.17) is 9.47 Å². The summed E-state index contributed by atoms with van der Waals surface area (Å²) in [6.07, 6.45) is 1.53. The molecule has 0 aliphatic rings. The number of amides is 1. The first-order valence-corrected chi connectivity index (χ1v) is 14.4. The number of ether oxygens (including phenoxy) is 2. The Morgan fingerprint density at radius 2 is 1.76 bits per heavy atom. The number of benzene rings is 4. The SMILES string of the molecule is COc1cc(C=NNC(=O)CSc2nc3ccccc3c(=O)n2-c2ccc(Br)cc2)ccc1OCc1ccccc1.